The van der Waals surface area contributed by atoms with Crippen LogP contribution < -0.4 is 4.74 Å². The molecule has 1 aromatic carbocycles. The zero-order valence-electron chi connectivity index (χ0n) is 18.7. The first-order chi connectivity index (χ1) is 17.5. The maximum atomic E-state index is 14.6. The maximum Gasteiger partial charge on any atom is 0.490 e. The van der Waals surface area contributed by atoms with Gasteiger partial charge in [0.15, 0.2) is 6.10 Å². The number of fused-ring (bicyclic) bond motifs is 2. The Morgan fingerprint density at radius 1 is 1.11 bits per heavy atom. The lowest BCUT2D eigenvalue weighted by molar-refractivity contribution is -0.192. The molecule has 9 nitrogen and oxygen atoms in total. The number of alkyl halides is 5. The maximum absolute atomic E-state index is 14.6. The van der Waals surface area contributed by atoms with Gasteiger partial charge in [-0.15, -0.1) is 0 Å². The number of carboxylic acids is 1. The molecule has 4 heterocycles. The summed E-state index contributed by atoms with van der Waals surface area (Å²) in [4.78, 5) is 38.6. The standard InChI is InChI=1S/C21H17F2N5O2.C2HF3O2/c22-21(23)8-10-28(20(29)18-14-7-9-24-19(14)26-12-25-18)11-16(21)30-17-6-5-13-3-1-2-4-15(13)27-17;3-2(4,5)1(6)7/h1-7,9,12,16H,8,10-11H2,(H,24,25,26);(H,6,7)/t16-;/m0./s1. The molecule has 5 rings (SSSR count). The van der Waals surface area contributed by atoms with Crippen molar-refractivity contribution in [1.29, 1.82) is 0 Å². The van der Waals surface area contributed by atoms with E-state index in [1.54, 1.807) is 30.5 Å². The van der Waals surface area contributed by atoms with Gasteiger partial charge < -0.3 is 19.7 Å². The molecule has 0 bridgehead atoms. The van der Waals surface area contributed by atoms with Crippen LogP contribution in [0, 0.1) is 0 Å². The molecule has 1 aliphatic heterocycles. The highest BCUT2D eigenvalue weighted by molar-refractivity contribution is 6.03. The number of nitrogens with zero attached hydrogens (tertiary/aromatic N) is 4. The molecule has 1 aliphatic rings. The van der Waals surface area contributed by atoms with Gasteiger partial charge in [0.2, 0.25) is 5.88 Å². The first kappa shape index (κ1) is 25.7. The number of carboxylic acid groups (broad SMARTS) is 1. The van der Waals surface area contributed by atoms with E-state index in [2.05, 4.69) is 19.9 Å². The molecule has 1 fully saturated rings. The Balaban J connectivity index is 0.000000405. The van der Waals surface area contributed by atoms with Gasteiger partial charge >= 0.3 is 12.1 Å². The fourth-order valence-electron chi connectivity index (χ4n) is 3.63. The number of hydrogen-bond acceptors (Lipinski definition) is 6. The number of halogens is 5. The second kappa shape index (κ2) is 9.95. The molecule has 37 heavy (non-hydrogen) atoms. The number of rotatable bonds is 3. The molecule has 0 spiro atoms. The van der Waals surface area contributed by atoms with Gasteiger partial charge in [0.1, 0.15) is 17.7 Å². The number of H-pyrrole nitrogens is 1. The SMILES string of the molecule is O=C(O)C(F)(F)F.O=C(c1ncnc2[nH]ccc12)N1CCC(F)(F)[C@@H](Oc2ccc3ccccc3n2)C1. The van der Waals surface area contributed by atoms with Crippen LogP contribution in [0.15, 0.2) is 55.0 Å². The van der Waals surface area contributed by atoms with Crippen LogP contribution in [0.2, 0.25) is 0 Å². The van der Waals surface area contributed by atoms with Crippen molar-refractivity contribution in [2.24, 2.45) is 0 Å². The monoisotopic (exact) mass is 523 g/mol. The van der Waals surface area contributed by atoms with Gasteiger partial charge in [0.05, 0.1) is 17.4 Å². The van der Waals surface area contributed by atoms with Crippen LogP contribution in [-0.2, 0) is 4.79 Å². The zero-order chi connectivity index (χ0) is 26.8. The van der Waals surface area contributed by atoms with Crippen molar-refractivity contribution < 1.29 is 41.4 Å². The highest BCUT2D eigenvalue weighted by Crippen LogP contribution is 2.32. The minimum atomic E-state index is -5.08. The zero-order valence-corrected chi connectivity index (χ0v) is 18.7. The topological polar surface area (TPSA) is 121 Å². The minimum Gasteiger partial charge on any atom is -0.475 e. The normalized spacial score (nSPS) is 17.2. The Morgan fingerprint density at radius 2 is 1.84 bits per heavy atom. The summed E-state index contributed by atoms with van der Waals surface area (Å²) in [7, 11) is 0. The van der Waals surface area contributed by atoms with Crippen molar-refractivity contribution in [2.45, 2.75) is 24.6 Å². The summed E-state index contributed by atoms with van der Waals surface area (Å²) in [6.45, 7) is -0.358. The second-order valence-corrected chi connectivity index (χ2v) is 7.98. The largest absolute Gasteiger partial charge is 0.490 e. The number of aromatic amines is 1. The fraction of sp³-hybridized carbons (Fsp3) is 0.261. The number of para-hydroxylation sites is 1. The summed E-state index contributed by atoms with van der Waals surface area (Å²) in [5, 5.41) is 8.56. The molecular formula is C23H18F5N5O4. The summed E-state index contributed by atoms with van der Waals surface area (Å²) in [6, 6.07) is 12.4. The minimum absolute atomic E-state index is 0.0905. The Morgan fingerprint density at radius 3 is 2.57 bits per heavy atom. The van der Waals surface area contributed by atoms with Gasteiger partial charge in [-0.3, -0.25) is 4.79 Å². The number of amides is 1. The third kappa shape index (κ3) is 5.73. The molecular weight excluding hydrogens is 505 g/mol. The van der Waals surface area contributed by atoms with Crippen LogP contribution in [0.5, 0.6) is 5.88 Å². The Labute approximate surface area is 204 Å². The van der Waals surface area contributed by atoms with Crippen molar-refractivity contribution >= 4 is 33.8 Å². The van der Waals surface area contributed by atoms with Crippen LogP contribution in [0.25, 0.3) is 21.9 Å². The number of aliphatic carboxylic acids is 1. The van der Waals surface area contributed by atoms with Gasteiger partial charge in [-0.05, 0) is 18.2 Å². The summed E-state index contributed by atoms with van der Waals surface area (Å²) < 4.78 is 66.5. The van der Waals surface area contributed by atoms with E-state index < -0.39 is 36.5 Å². The summed E-state index contributed by atoms with van der Waals surface area (Å²) in [5.41, 5.74) is 1.34. The fourth-order valence-corrected chi connectivity index (χ4v) is 3.63. The Bertz CT molecular complexity index is 1440. The number of carbonyl (C=O) groups is 2. The molecule has 1 atom stereocenters. The summed E-state index contributed by atoms with van der Waals surface area (Å²) in [6.07, 6.45) is -4.17. The quantitative estimate of drug-likeness (QED) is 0.389. The van der Waals surface area contributed by atoms with Crippen molar-refractivity contribution in [3.63, 3.8) is 0 Å². The Kier molecular flexibility index (Phi) is 6.92. The highest BCUT2D eigenvalue weighted by atomic mass is 19.4. The van der Waals surface area contributed by atoms with Crippen LogP contribution >= 0.6 is 0 Å². The number of ether oxygens (including phenoxy) is 1. The van der Waals surface area contributed by atoms with E-state index in [0.29, 0.717) is 16.6 Å². The average molecular weight is 523 g/mol. The number of aromatic nitrogens is 4. The van der Waals surface area contributed by atoms with E-state index in [1.165, 1.54) is 11.2 Å². The smallest absolute Gasteiger partial charge is 0.475 e. The van der Waals surface area contributed by atoms with E-state index in [0.717, 1.165) is 5.39 Å². The molecule has 4 aromatic rings. The summed E-state index contributed by atoms with van der Waals surface area (Å²) >= 11 is 0. The molecule has 0 saturated carbocycles. The van der Waals surface area contributed by atoms with Gasteiger partial charge in [-0.2, -0.15) is 13.2 Å². The first-order valence-corrected chi connectivity index (χ1v) is 10.7. The molecule has 0 radical (unpaired) electrons. The number of benzene rings is 1. The van der Waals surface area contributed by atoms with Crippen molar-refractivity contribution in [1.82, 2.24) is 24.8 Å². The molecule has 1 saturated heterocycles. The van der Waals surface area contributed by atoms with Crippen molar-refractivity contribution in [3.05, 3.63) is 60.7 Å². The lowest BCUT2D eigenvalue weighted by Gasteiger charge is -2.37. The molecule has 0 unspecified atom stereocenters. The Hall–Kier alpha value is -4.36. The third-order valence-corrected chi connectivity index (χ3v) is 5.49. The number of carbonyl (C=O) groups excluding carboxylic acids is 1. The van der Waals surface area contributed by atoms with E-state index >= 15 is 0 Å². The van der Waals surface area contributed by atoms with Crippen LogP contribution in [-0.4, -0.2) is 73.1 Å². The van der Waals surface area contributed by atoms with Gasteiger partial charge in [0, 0.05) is 30.6 Å². The average Bonchev–Trinajstić information content (AvgIpc) is 3.34. The van der Waals surface area contributed by atoms with Crippen molar-refractivity contribution in [3.8, 4) is 5.88 Å². The van der Waals surface area contributed by atoms with E-state index in [1.807, 2.05) is 18.2 Å². The summed E-state index contributed by atoms with van der Waals surface area (Å²) in [5.74, 6) is -6.17. The number of piperidine rings is 1. The first-order valence-electron chi connectivity index (χ1n) is 10.7. The molecule has 194 valence electrons. The third-order valence-electron chi connectivity index (χ3n) is 5.49. The predicted molar refractivity (Wildman–Crippen MR) is 119 cm³/mol. The van der Waals surface area contributed by atoms with Crippen molar-refractivity contribution in [2.75, 3.05) is 13.1 Å². The highest BCUT2D eigenvalue weighted by Gasteiger charge is 2.47. The van der Waals surface area contributed by atoms with Gasteiger partial charge in [0.25, 0.3) is 11.8 Å². The van der Waals surface area contributed by atoms with E-state index in [4.69, 9.17) is 14.6 Å². The molecule has 14 heteroatoms. The molecule has 2 N–H and O–H groups in total. The van der Waals surface area contributed by atoms with Gasteiger partial charge in [-0.25, -0.2) is 28.5 Å². The van der Waals surface area contributed by atoms with E-state index in [9.17, 15) is 26.7 Å². The van der Waals surface area contributed by atoms with Crippen LogP contribution in [0.3, 0.4) is 0 Å². The number of hydrogen-bond donors (Lipinski definition) is 2. The molecule has 0 aliphatic carbocycles. The molecule has 1 amide bonds. The number of nitrogens with one attached hydrogen (secondary N) is 1. The predicted octanol–water partition coefficient (Wildman–Crippen LogP) is 4.07. The lowest BCUT2D eigenvalue weighted by Crippen LogP contribution is -2.55. The van der Waals surface area contributed by atoms with Crippen LogP contribution in [0.4, 0.5) is 22.0 Å². The van der Waals surface area contributed by atoms with Gasteiger partial charge in [-0.1, -0.05) is 18.2 Å². The number of pyridine rings is 1. The molecule has 3 aromatic heterocycles. The lowest BCUT2D eigenvalue weighted by atomic mass is 10.0. The van der Waals surface area contributed by atoms with Crippen LogP contribution in [0.1, 0.15) is 16.9 Å². The van der Waals surface area contributed by atoms with E-state index in [-0.39, 0.29) is 24.7 Å². The second-order valence-electron chi connectivity index (χ2n) is 7.98. The number of likely N-dealkylation sites (tertiary alicyclic amines) is 1.